The molecule has 1 unspecified atom stereocenters. The van der Waals surface area contributed by atoms with E-state index >= 15 is 0 Å². The Bertz CT molecular complexity index is 421. The summed E-state index contributed by atoms with van der Waals surface area (Å²) < 4.78 is 0. The normalized spacial score (nSPS) is 27.4. The van der Waals surface area contributed by atoms with E-state index in [9.17, 15) is 4.79 Å². The lowest BCUT2D eigenvalue weighted by atomic mass is 9.90. The Kier molecular flexibility index (Phi) is 3.00. The second-order valence-electron chi connectivity index (χ2n) is 5.57. The zero-order valence-electron chi connectivity index (χ0n) is 10.3. The van der Waals surface area contributed by atoms with Crippen molar-refractivity contribution in [3.8, 4) is 0 Å². The fraction of sp³-hybridized carbons (Fsp3) is 0.562. The third-order valence-electron chi connectivity index (χ3n) is 4.55. The molecule has 0 N–H and O–H groups in total. The van der Waals surface area contributed by atoms with Gasteiger partial charge in [0.15, 0.2) is 0 Å². The van der Waals surface area contributed by atoms with E-state index in [2.05, 4.69) is 24.3 Å². The minimum atomic E-state index is 0.391. The van der Waals surface area contributed by atoms with Crippen LogP contribution in [0.2, 0.25) is 0 Å². The lowest BCUT2D eigenvalue weighted by molar-refractivity contribution is -0.120. The molecule has 1 heteroatoms. The summed E-state index contributed by atoms with van der Waals surface area (Å²) in [7, 11) is 0. The predicted molar refractivity (Wildman–Crippen MR) is 69.1 cm³/mol. The monoisotopic (exact) mass is 228 g/mol. The van der Waals surface area contributed by atoms with Crippen LogP contribution >= 0.6 is 0 Å². The average molecular weight is 228 g/mol. The van der Waals surface area contributed by atoms with Crippen LogP contribution < -0.4 is 0 Å². The van der Waals surface area contributed by atoms with E-state index in [0.717, 1.165) is 31.6 Å². The number of Topliss-reactive ketones (excluding diaryl/α,β-unsaturated/α-hetero) is 1. The quantitative estimate of drug-likeness (QED) is 0.767. The zero-order valence-corrected chi connectivity index (χ0v) is 10.3. The van der Waals surface area contributed by atoms with E-state index in [1.165, 1.54) is 24.8 Å². The van der Waals surface area contributed by atoms with Gasteiger partial charge in [0.05, 0.1) is 0 Å². The van der Waals surface area contributed by atoms with E-state index < -0.39 is 0 Å². The molecule has 0 bridgehead atoms. The van der Waals surface area contributed by atoms with E-state index in [0.29, 0.717) is 11.7 Å². The molecule has 1 saturated carbocycles. The summed E-state index contributed by atoms with van der Waals surface area (Å²) >= 11 is 0. The number of hydrogen-bond donors (Lipinski definition) is 0. The van der Waals surface area contributed by atoms with Crippen molar-refractivity contribution in [1.29, 1.82) is 0 Å². The van der Waals surface area contributed by atoms with Gasteiger partial charge in [0.1, 0.15) is 5.78 Å². The molecule has 1 fully saturated rings. The standard InChI is InChI=1S/C16H20O/c17-16-7-3-5-14(16)11-10-13-9-8-12-4-1-2-6-15(12)13/h1-2,4,6,13-14H,3,5,7-11H2/t13?,14-/m0/s1. The van der Waals surface area contributed by atoms with E-state index in [1.807, 2.05) is 0 Å². The van der Waals surface area contributed by atoms with Gasteiger partial charge in [-0.25, -0.2) is 0 Å². The maximum Gasteiger partial charge on any atom is 0.135 e. The number of carbonyl (C=O) groups is 1. The van der Waals surface area contributed by atoms with Crippen LogP contribution in [-0.4, -0.2) is 5.78 Å². The summed E-state index contributed by atoms with van der Waals surface area (Å²) in [5.41, 5.74) is 3.09. The fourth-order valence-electron chi connectivity index (χ4n) is 3.54. The molecule has 0 aliphatic heterocycles. The minimum absolute atomic E-state index is 0.391. The Labute approximate surface area is 103 Å². The topological polar surface area (TPSA) is 17.1 Å². The number of carbonyl (C=O) groups excluding carboxylic acids is 1. The molecular weight excluding hydrogens is 208 g/mol. The van der Waals surface area contributed by atoms with Crippen molar-refractivity contribution in [1.82, 2.24) is 0 Å². The van der Waals surface area contributed by atoms with Crippen molar-refractivity contribution in [3.05, 3.63) is 35.4 Å². The number of benzene rings is 1. The van der Waals surface area contributed by atoms with Gasteiger partial charge in [0, 0.05) is 12.3 Å². The average Bonchev–Trinajstić information content (AvgIpc) is 2.93. The van der Waals surface area contributed by atoms with Gasteiger partial charge >= 0.3 is 0 Å². The van der Waals surface area contributed by atoms with E-state index in [-0.39, 0.29) is 0 Å². The third kappa shape index (κ3) is 2.15. The molecule has 3 rings (SSSR count). The van der Waals surface area contributed by atoms with Crippen molar-refractivity contribution in [3.63, 3.8) is 0 Å². The summed E-state index contributed by atoms with van der Waals surface area (Å²) in [4.78, 5) is 11.6. The van der Waals surface area contributed by atoms with Crippen molar-refractivity contribution >= 4 is 5.78 Å². The number of rotatable bonds is 3. The summed E-state index contributed by atoms with van der Waals surface area (Å²) in [6.45, 7) is 0. The van der Waals surface area contributed by atoms with Crippen molar-refractivity contribution < 1.29 is 4.79 Å². The van der Waals surface area contributed by atoms with Crippen LogP contribution in [0, 0.1) is 5.92 Å². The Hall–Kier alpha value is -1.11. The highest BCUT2D eigenvalue weighted by Crippen LogP contribution is 2.38. The van der Waals surface area contributed by atoms with Crippen LogP contribution in [0.3, 0.4) is 0 Å². The lowest BCUT2D eigenvalue weighted by Gasteiger charge is -2.14. The molecule has 0 amide bonds. The highest BCUT2D eigenvalue weighted by molar-refractivity contribution is 5.82. The second kappa shape index (κ2) is 4.64. The summed E-state index contributed by atoms with van der Waals surface area (Å²) in [5.74, 6) is 1.64. The molecule has 1 aromatic rings. The Morgan fingerprint density at radius 3 is 2.65 bits per heavy atom. The van der Waals surface area contributed by atoms with E-state index in [1.54, 1.807) is 5.56 Å². The highest BCUT2D eigenvalue weighted by atomic mass is 16.1. The molecule has 1 aromatic carbocycles. The highest BCUT2D eigenvalue weighted by Gasteiger charge is 2.27. The first-order chi connectivity index (χ1) is 8.34. The Morgan fingerprint density at radius 1 is 1.00 bits per heavy atom. The zero-order chi connectivity index (χ0) is 11.7. The van der Waals surface area contributed by atoms with Crippen LogP contribution in [0.15, 0.2) is 24.3 Å². The van der Waals surface area contributed by atoms with Gasteiger partial charge in [-0.2, -0.15) is 0 Å². The number of aryl methyl sites for hydroxylation is 1. The van der Waals surface area contributed by atoms with Crippen molar-refractivity contribution in [2.75, 3.05) is 0 Å². The predicted octanol–water partition coefficient (Wildman–Crippen LogP) is 3.87. The molecule has 90 valence electrons. The number of fused-ring (bicyclic) bond motifs is 1. The van der Waals surface area contributed by atoms with Gasteiger partial charge in [-0.05, 0) is 55.6 Å². The summed E-state index contributed by atoms with van der Waals surface area (Å²) in [6.07, 6.45) is 7.98. The fourth-order valence-corrected chi connectivity index (χ4v) is 3.54. The summed E-state index contributed by atoms with van der Waals surface area (Å²) in [6, 6.07) is 8.83. The number of ketones is 1. The molecule has 1 nitrogen and oxygen atoms in total. The lowest BCUT2D eigenvalue weighted by Crippen LogP contribution is -2.07. The smallest absolute Gasteiger partial charge is 0.135 e. The van der Waals surface area contributed by atoms with Crippen LogP contribution in [0.4, 0.5) is 0 Å². The van der Waals surface area contributed by atoms with Crippen molar-refractivity contribution in [2.24, 2.45) is 5.92 Å². The second-order valence-corrected chi connectivity index (χ2v) is 5.57. The first-order valence-electron chi connectivity index (χ1n) is 6.95. The number of hydrogen-bond acceptors (Lipinski definition) is 1. The SMILES string of the molecule is O=C1CCC[C@H]1CCC1CCc2ccccc21. The maximum absolute atomic E-state index is 11.6. The van der Waals surface area contributed by atoms with Crippen LogP contribution in [0.5, 0.6) is 0 Å². The minimum Gasteiger partial charge on any atom is -0.299 e. The molecule has 17 heavy (non-hydrogen) atoms. The molecule has 2 atom stereocenters. The third-order valence-corrected chi connectivity index (χ3v) is 4.55. The largest absolute Gasteiger partial charge is 0.299 e. The van der Waals surface area contributed by atoms with Gasteiger partial charge in [-0.1, -0.05) is 24.3 Å². The summed E-state index contributed by atoms with van der Waals surface area (Å²) in [5, 5.41) is 0. The van der Waals surface area contributed by atoms with E-state index in [4.69, 9.17) is 0 Å². The van der Waals surface area contributed by atoms with Gasteiger partial charge in [-0.15, -0.1) is 0 Å². The van der Waals surface area contributed by atoms with Crippen molar-refractivity contribution in [2.45, 2.75) is 50.9 Å². The molecule has 0 radical (unpaired) electrons. The maximum atomic E-state index is 11.6. The van der Waals surface area contributed by atoms with Gasteiger partial charge < -0.3 is 0 Å². The Balaban J connectivity index is 1.62. The van der Waals surface area contributed by atoms with Crippen LogP contribution in [0.25, 0.3) is 0 Å². The Morgan fingerprint density at radius 2 is 1.82 bits per heavy atom. The molecule has 0 spiro atoms. The first kappa shape index (κ1) is 11.0. The molecular formula is C16H20O. The van der Waals surface area contributed by atoms with Crippen LogP contribution in [0.1, 0.15) is 55.6 Å². The molecule has 2 aliphatic rings. The molecule has 0 saturated heterocycles. The molecule has 0 aromatic heterocycles. The molecule has 0 heterocycles. The van der Waals surface area contributed by atoms with Crippen LogP contribution in [-0.2, 0) is 11.2 Å². The molecule has 2 aliphatic carbocycles. The first-order valence-corrected chi connectivity index (χ1v) is 6.95. The van der Waals surface area contributed by atoms with Gasteiger partial charge in [0.2, 0.25) is 0 Å². The van der Waals surface area contributed by atoms with Gasteiger partial charge in [-0.3, -0.25) is 4.79 Å². The van der Waals surface area contributed by atoms with Gasteiger partial charge in [0.25, 0.3) is 0 Å².